The monoisotopic (exact) mass is 413 g/mol. The molecule has 26 heavy (non-hydrogen) atoms. The van der Waals surface area contributed by atoms with Gasteiger partial charge in [-0.1, -0.05) is 40.2 Å². The zero-order valence-corrected chi connectivity index (χ0v) is 15.0. The fourth-order valence-electron chi connectivity index (χ4n) is 2.28. The molecule has 0 fully saturated rings. The number of carbonyl (C=O) groups is 2. The molecule has 7 heteroatoms. The van der Waals surface area contributed by atoms with Gasteiger partial charge in [-0.25, -0.2) is 4.79 Å². The van der Waals surface area contributed by atoms with Crippen LogP contribution in [-0.4, -0.2) is 25.2 Å². The molecule has 1 aliphatic rings. The van der Waals surface area contributed by atoms with Crippen LogP contribution in [0, 0.1) is 11.3 Å². The minimum atomic E-state index is -0.870. The average Bonchev–Trinajstić information content (AvgIpc) is 3.12. The van der Waals surface area contributed by atoms with Crippen LogP contribution in [-0.2, 0) is 9.53 Å². The first-order chi connectivity index (χ1) is 12.6. The van der Waals surface area contributed by atoms with Gasteiger partial charge in [-0.05, 0) is 29.8 Å². The molecule has 2 aromatic rings. The Morgan fingerprint density at radius 2 is 1.96 bits per heavy atom. The second-order valence-corrected chi connectivity index (χ2v) is 6.12. The van der Waals surface area contributed by atoms with Crippen LogP contribution in [0.15, 0.2) is 52.5 Å². The van der Waals surface area contributed by atoms with Gasteiger partial charge in [-0.3, -0.25) is 4.79 Å². The van der Waals surface area contributed by atoms with E-state index in [9.17, 15) is 14.9 Å². The van der Waals surface area contributed by atoms with Gasteiger partial charge in [0.05, 0.1) is 0 Å². The van der Waals surface area contributed by atoms with Crippen LogP contribution >= 0.6 is 15.9 Å². The first-order valence-electron chi connectivity index (χ1n) is 7.55. The number of nitriles is 1. The number of esters is 1. The van der Waals surface area contributed by atoms with E-state index in [1.165, 1.54) is 6.08 Å². The van der Waals surface area contributed by atoms with Crippen molar-refractivity contribution < 1.29 is 23.8 Å². The van der Waals surface area contributed by atoms with E-state index in [4.69, 9.17) is 14.2 Å². The van der Waals surface area contributed by atoms with Crippen molar-refractivity contribution in [1.29, 1.82) is 5.26 Å². The van der Waals surface area contributed by atoms with E-state index in [1.807, 2.05) is 0 Å². The van der Waals surface area contributed by atoms with Crippen molar-refractivity contribution >= 4 is 33.8 Å². The van der Waals surface area contributed by atoms with Crippen LogP contribution < -0.4 is 9.47 Å². The van der Waals surface area contributed by atoms with Crippen molar-refractivity contribution in [3.05, 3.63) is 63.6 Å². The molecule has 0 spiro atoms. The number of Topliss-reactive ketones (excluding diaryl/α,β-unsaturated/α-hetero) is 1. The van der Waals surface area contributed by atoms with Crippen molar-refractivity contribution in [3.8, 4) is 17.6 Å². The van der Waals surface area contributed by atoms with E-state index in [2.05, 4.69) is 15.9 Å². The lowest BCUT2D eigenvalue weighted by Gasteiger charge is -2.05. The lowest BCUT2D eigenvalue weighted by atomic mass is 10.1. The number of halogens is 1. The van der Waals surface area contributed by atoms with E-state index in [0.29, 0.717) is 27.1 Å². The molecular weight excluding hydrogens is 402 g/mol. The molecule has 0 amide bonds. The van der Waals surface area contributed by atoms with Gasteiger partial charge in [0, 0.05) is 10.0 Å². The highest BCUT2D eigenvalue weighted by atomic mass is 79.9. The summed E-state index contributed by atoms with van der Waals surface area (Å²) in [5.41, 5.74) is 0.766. The van der Waals surface area contributed by atoms with Gasteiger partial charge in [0.15, 0.2) is 18.1 Å². The Labute approximate surface area is 157 Å². The lowest BCUT2D eigenvalue weighted by Crippen LogP contribution is -2.15. The number of hydrogen-bond donors (Lipinski definition) is 0. The van der Waals surface area contributed by atoms with Crippen molar-refractivity contribution in [2.75, 3.05) is 13.4 Å². The van der Waals surface area contributed by atoms with Crippen molar-refractivity contribution in [3.63, 3.8) is 0 Å². The topological polar surface area (TPSA) is 85.6 Å². The number of ether oxygens (including phenoxy) is 3. The second-order valence-electron chi connectivity index (χ2n) is 5.26. The maximum atomic E-state index is 12.1. The number of rotatable bonds is 5. The van der Waals surface area contributed by atoms with Gasteiger partial charge < -0.3 is 14.2 Å². The molecular formula is C19H12BrNO5. The summed E-state index contributed by atoms with van der Waals surface area (Å²) in [6.07, 6.45) is 1.37. The molecule has 0 unspecified atom stereocenters. The maximum absolute atomic E-state index is 12.1. The number of ketones is 1. The van der Waals surface area contributed by atoms with E-state index in [0.717, 1.165) is 0 Å². The highest BCUT2D eigenvalue weighted by Gasteiger charge is 2.17. The summed E-state index contributed by atoms with van der Waals surface area (Å²) in [7, 11) is 0. The lowest BCUT2D eigenvalue weighted by molar-refractivity contribution is -0.137. The smallest absolute Gasteiger partial charge is 0.349 e. The Bertz CT molecular complexity index is 945. The summed E-state index contributed by atoms with van der Waals surface area (Å²) >= 11 is 3.27. The molecule has 0 bridgehead atoms. The third-order valence-corrected chi connectivity index (χ3v) is 4.25. The van der Waals surface area contributed by atoms with Crippen LogP contribution in [0.25, 0.3) is 6.08 Å². The number of carbonyl (C=O) groups excluding carboxylic acids is 2. The summed E-state index contributed by atoms with van der Waals surface area (Å²) in [4.78, 5) is 24.2. The van der Waals surface area contributed by atoms with Crippen molar-refractivity contribution in [2.45, 2.75) is 0 Å². The zero-order valence-electron chi connectivity index (χ0n) is 13.4. The van der Waals surface area contributed by atoms with E-state index >= 15 is 0 Å². The van der Waals surface area contributed by atoms with E-state index < -0.39 is 12.6 Å². The highest BCUT2D eigenvalue weighted by molar-refractivity contribution is 9.10. The van der Waals surface area contributed by atoms with Crippen LogP contribution in [0.1, 0.15) is 15.9 Å². The predicted molar refractivity (Wildman–Crippen MR) is 95.6 cm³/mol. The molecule has 0 N–H and O–H groups in total. The minimum Gasteiger partial charge on any atom is -0.454 e. The van der Waals surface area contributed by atoms with Crippen LogP contribution in [0.3, 0.4) is 0 Å². The molecule has 0 aliphatic carbocycles. The first-order valence-corrected chi connectivity index (χ1v) is 8.34. The number of benzene rings is 2. The predicted octanol–water partition coefficient (Wildman–Crippen LogP) is 3.51. The van der Waals surface area contributed by atoms with Gasteiger partial charge in [-0.2, -0.15) is 5.26 Å². The standard InChI is InChI=1S/C19H12BrNO5/c20-15-4-2-1-3-14(15)16(22)10-24-19(23)13(9-21)7-12-5-6-17-18(8-12)26-11-25-17/h1-8H,10-11H2. The van der Waals surface area contributed by atoms with Gasteiger partial charge in [0.1, 0.15) is 11.6 Å². The fourth-order valence-corrected chi connectivity index (χ4v) is 2.79. The fraction of sp³-hybridized carbons (Fsp3) is 0.105. The first kappa shape index (κ1) is 17.7. The summed E-state index contributed by atoms with van der Waals surface area (Å²) in [6, 6.07) is 13.6. The summed E-state index contributed by atoms with van der Waals surface area (Å²) in [5.74, 6) is -0.104. The Kier molecular flexibility index (Phi) is 5.34. The zero-order chi connectivity index (χ0) is 18.5. The Hall–Kier alpha value is -3.11. The Morgan fingerprint density at radius 1 is 1.19 bits per heavy atom. The molecule has 6 nitrogen and oxygen atoms in total. The number of hydrogen-bond acceptors (Lipinski definition) is 6. The molecule has 130 valence electrons. The quantitative estimate of drug-likeness (QED) is 0.322. The molecule has 0 saturated carbocycles. The average molecular weight is 414 g/mol. The molecule has 0 aromatic heterocycles. The maximum Gasteiger partial charge on any atom is 0.349 e. The molecule has 3 rings (SSSR count). The molecule has 0 saturated heterocycles. The van der Waals surface area contributed by atoms with E-state index in [1.54, 1.807) is 48.5 Å². The largest absolute Gasteiger partial charge is 0.454 e. The third kappa shape index (κ3) is 3.92. The van der Waals surface area contributed by atoms with E-state index in [-0.39, 0.29) is 18.1 Å². The Morgan fingerprint density at radius 3 is 2.73 bits per heavy atom. The number of fused-ring (bicyclic) bond motifs is 1. The van der Waals surface area contributed by atoms with Crippen molar-refractivity contribution in [1.82, 2.24) is 0 Å². The Balaban J connectivity index is 1.68. The molecule has 1 heterocycles. The van der Waals surface area contributed by atoms with Crippen LogP contribution in [0.5, 0.6) is 11.5 Å². The van der Waals surface area contributed by atoms with Gasteiger partial charge in [0.25, 0.3) is 0 Å². The van der Waals surface area contributed by atoms with Crippen LogP contribution in [0.4, 0.5) is 0 Å². The summed E-state index contributed by atoms with van der Waals surface area (Å²) < 4.78 is 16.0. The van der Waals surface area contributed by atoms with Gasteiger partial charge >= 0.3 is 5.97 Å². The second kappa shape index (κ2) is 7.85. The van der Waals surface area contributed by atoms with Crippen molar-refractivity contribution in [2.24, 2.45) is 0 Å². The van der Waals surface area contributed by atoms with Gasteiger partial charge in [-0.15, -0.1) is 0 Å². The molecule has 0 radical (unpaired) electrons. The van der Waals surface area contributed by atoms with Crippen LogP contribution in [0.2, 0.25) is 0 Å². The summed E-state index contributed by atoms with van der Waals surface area (Å²) in [6.45, 7) is -0.325. The summed E-state index contributed by atoms with van der Waals surface area (Å²) in [5, 5.41) is 9.21. The third-order valence-electron chi connectivity index (χ3n) is 3.56. The normalized spacial score (nSPS) is 12.4. The molecule has 2 aromatic carbocycles. The number of nitrogens with zero attached hydrogens (tertiary/aromatic N) is 1. The molecule has 0 atom stereocenters. The van der Waals surface area contributed by atoms with Gasteiger partial charge in [0.2, 0.25) is 12.6 Å². The molecule has 1 aliphatic heterocycles. The SMILES string of the molecule is N#CC(=Cc1ccc2c(c1)OCO2)C(=O)OCC(=O)c1ccccc1Br. The highest BCUT2D eigenvalue weighted by Crippen LogP contribution is 2.33. The minimum absolute atomic E-state index is 0.132.